The van der Waals surface area contributed by atoms with E-state index in [4.69, 9.17) is 6.42 Å². The number of likely N-dealkylation sites (tertiary alicyclic amines) is 1. The van der Waals surface area contributed by atoms with E-state index in [2.05, 4.69) is 47.3 Å². The minimum atomic E-state index is -0.301. The summed E-state index contributed by atoms with van der Waals surface area (Å²) in [5, 5.41) is 2.93. The number of benzene rings is 2. The van der Waals surface area contributed by atoms with Crippen LogP contribution in [0.1, 0.15) is 36.5 Å². The summed E-state index contributed by atoms with van der Waals surface area (Å²) in [6.07, 6.45) is 7.97. The zero-order valence-electron chi connectivity index (χ0n) is 17.6. The van der Waals surface area contributed by atoms with Crippen molar-refractivity contribution in [2.24, 2.45) is 5.92 Å². The number of hydrogen-bond acceptors (Lipinski definition) is 2. The second-order valence-electron chi connectivity index (χ2n) is 8.12. The van der Waals surface area contributed by atoms with Gasteiger partial charge in [-0.15, -0.1) is 6.42 Å². The molecule has 3 rings (SSSR count). The predicted octanol–water partition coefficient (Wildman–Crippen LogP) is 4.40. The molecule has 0 saturated carbocycles. The molecule has 1 saturated heterocycles. The van der Waals surface area contributed by atoms with E-state index in [0.717, 1.165) is 36.7 Å². The van der Waals surface area contributed by atoms with Crippen molar-refractivity contribution in [3.63, 3.8) is 0 Å². The van der Waals surface area contributed by atoms with E-state index in [9.17, 15) is 9.18 Å². The van der Waals surface area contributed by atoms with Crippen molar-refractivity contribution in [1.29, 1.82) is 0 Å². The first-order chi connectivity index (χ1) is 14.5. The number of hydrogen-bond donors (Lipinski definition) is 1. The first-order valence-electron chi connectivity index (χ1n) is 10.5. The lowest BCUT2D eigenvalue weighted by Crippen LogP contribution is -2.39. The SMILES string of the molecule is C#CCN(Cc1ccc(F)cc1)C(=O)NCc1ccc(CN2CCC(C)CC2)cc1. The van der Waals surface area contributed by atoms with E-state index >= 15 is 0 Å². The van der Waals surface area contributed by atoms with Gasteiger partial charge in [0.15, 0.2) is 0 Å². The topological polar surface area (TPSA) is 35.6 Å². The van der Waals surface area contributed by atoms with E-state index in [0.29, 0.717) is 13.1 Å². The van der Waals surface area contributed by atoms with Crippen LogP contribution in [0.25, 0.3) is 0 Å². The summed E-state index contributed by atoms with van der Waals surface area (Å²) in [6, 6.07) is 14.3. The molecule has 0 bridgehead atoms. The molecule has 0 aliphatic carbocycles. The maximum absolute atomic E-state index is 13.1. The molecule has 1 aliphatic rings. The largest absolute Gasteiger partial charge is 0.334 e. The van der Waals surface area contributed by atoms with E-state index < -0.39 is 0 Å². The van der Waals surface area contributed by atoms with Gasteiger partial charge in [-0.1, -0.05) is 49.2 Å². The Kier molecular flexibility index (Phi) is 7.87. The molecule has 0 unspecified atom stereocenters. The van der Waals surface area contributed by atoms with Crippen LogP contribution in [0, 0.1) is 24.1 Å². The lowest BCUT2D eigenvalue weighted by molar-refractivity contribution is 0.185. The molecule has 0 spiro atoms. The van der Waals surface area contributed by atoms with Crippen molar-refractivity contribution >= 4 is 6.03 Å². The van der Waals surface area contributed by atoms with Gasteiger partial charge in [0, 0.05) is 19.6 Å². The van der Waals surface area contributed by atoms with Gasteiger partial charge in [-0.2, -0.15) is 0 Å². The molecule has 5 heteroatoms. The monoisotopic (exact) mass is 407 g/mol. The predicted molar refractivity (Wildman–Crippen MR) is 118 cm³/mol. The van der Waals surface area contributed by atoms with Crippen LogP contribution in [0.5, 0.6) is 0 Å². The molecule has 2 aromatic carbocycles. The number of amides is 2. The van der Waals surface area contributed by atoms with E-state index in [-0.39, 0.29) is 18.4 Å². The lowest BCUT2D eigenvalue weighted by Gasteiger charge is -2.30. The number of nitrogens with one attached hydrogen (secondary N) is 1. The first kappa shape index (κ1) is 21.9. The highest BCUT2D eigenvalue weighted by atomic mass is 19.1. The normalized spacial score (nSPS) is 14.8. The summed E-state index contributed by atoms with van der Waals surface area (Å²) >= 11 is 0. The summed E-state index contributed by atoms with van der Waals surface area (Å²) in [4.78, 5) is 16.6. The van der Waals surface area contributed by atoms with Crippen LogP contribution in [0.4, 0.5) is 9.18 Å². The highest BCUT2D eigenvalue weighted by Gasteiger charge is 2.16. The molecule has 1 heterocycles. The van der Waals surface area contributed by atoms with Crippen molar-refractivity contribution in [1.82, 2.24) is 15.1 Å². The molecule has 1 aliphatic heterocycles. The standard InChI is InChI=1S/C25H30FN3O/c1-3-14-29(19-23-8-10-24(26)11-9-23)25(30)27-17-21-4-6-22(7-5-21)18-28-15-12-20(2)13-16-28/h1,4-11,20H,12-19H2,2H3,(H,27,30). The molecule has 1 N–H and O–H groups in total. The summed E-state index contributed by atoms with van der Waals surface area (Å²) in [7, 11) is 0. The van der Waals surface area contributed by atoms with Crippen LogP contribution in [-0.4, -0.2) is 35.5 Å². The number of carbonyl (C=O) groups is 1. The van der Waals surface area contributed by atoms with E-state index in [1.165, 1.54) is 30.5 Å². The van der Waals surface area contributed by atoms with Gasteiger partial charge >= 0.3 is 6.03 Å². The molecular formula is C25H30FN3O. The summed E-state index contributed by atoms with van der Waals surface area (Å²) in [5.74, 6) is 3.05. The Morgan fingerprint density at radius 2 is 1.70 bits per heavy atom. The second-order valence-corrected chi connectivity index (χ2v) is 8.12. The summed E-state index contributed by atoms with van der Waals surface area (Å²) in [6.45, 7) is 6.60. The van der Waals surface area contributed by atoms with Gasteiger partial charge in [-0.25, -0.2) is 9.18 Å². The van der Waals surface area contributed by atoms with Crippen LogP contribution < -0.4 is 5.32 Å². The number of nitrogens with zero attached hydrogens (tertiary/aromatic N) is 2. The van der Waals surface area contributed by atoms with Gasteiger partial charge in [0.1, 0.15) is 5.82 Å². The Morgan fingerprint density at radius 1 is 1.10 bits per heavy atom. The highest BCUT2D eigenvalue weighted by Crippen LogP contribution is 2.18. The van der Waals surface area contributed by atoms with Gasteiger partial charge in [0.2, 0.25) is 0 Å². The zero-order chi connectivity index (χ0) is 21.3. The molecule has 2 aromatic rings. The minimum absolute atomic E-state index is 0.191. The molecule has 0 atom stereocenters. The molecule has 158 valence electrons. The zero-order valence-corrected chi connectivity index (χ0v) is 17.6. The molecule has 4 nitrogen and oxygen atoms in total. The third kappa shape index (κ3) is 6.60. The first-order valence-corrected chi connectivity index (χ1v) is 10.5. The van der Waals surface area contributed by atoms with Crippen LogP contribution in [-0.2, 0) is 19.6 Å². The maximum Gasteiger partial charge on any atom is 0.318 e. The Hall–Kier alpha value is -2.84. The van der Waals surface area contributed by atoms with E-state index in [1.54, 1.807) is 17.0 Å². The third-order valence-electron chi connectivity index (χ3n) is 5.61. The van der Waals surface area contributed by atoms with Crippen molar-refractivity contribution in [3.8, 4) is 12.3 Å². The Labute approximate surface area is 179 Å². The molecule has 30 heavy (non-hydrogen) atoms. The van der Waals surface area contributed by atoms with Gasteiger partial charge in [0.05, 0.1) is 6.54 Å². The molecule has 0 aromatic heterocycles. The number of urea groups is 1. The van der Waals surface area contributed by atoms with Gasteiger partial charge in [-0.05, 0) is 60.7 Å². The second kappa shape index (κ2) is 10.8. The van der Waals surface area contributed by atoms with Crippen molar-refractivity contribution in [2.45, 2.75) is 39.4 Å². The average molecular weight is 408 g/mol. The molecule has 1 fully saturated rings. The molecule has 2 amide bonds. The summed E-state index contributed by atoms with van der Waals surface area (Å²) < 4.78 is 13.1. The fraction of sp³-hybridized carbons (Fsp3) is 0.400. The van der Waals surface area contributed by atoms with Crippen molar-refractivity contribution < 1.29 is 9.18 Å². The third-order valence-corrected chi connectivity index (χ3v) is 5.61. The smallest absolute Gasteiger partial charge is 0.318 e. The number of piperidine rings is 1. The Balaban J connectivity index is 1.49. The highest BCUT2D eigenvalue weighted by molar-refractivity contribution is 5.74. The van der Waals surface area contributed by atoms with Crippen molar-refractivity contribution in [3.05, 3.63) is 71.0 Å². The van der Waals surface area contributed by atoms with Gasteiger partial charge in [-0.3, -0.25) is 4.90 Å². The summed E-state index contributed by atoms with van der Waals surface area (Å²) in [5.41, 5.74) is 3.17. The fourth-order valence-electron chi connectivity index (χ4n) is 3.65. The Morgan fingerprint density at radius 3 is 2.33 bits per heavy atom. The molecular weight excluding hydrogens is 377 g/mol. The van der Waals surface area contributed by atoms with Gasteiger partial charge in [0.25, 0.3) is 0 Å². The quantitative estimate of drug-likeness (QED) is 0.691. The molecule has 0 radical (unpaired) electrons. The van der Waals surface area contributed by atoms with Crippen molar-refractivity contribution in [2.75, 3.05) is 19.6 Å². The number of carbonyl (C=O) groups excluding carboxylic acids is 1. The number of terminal acetylenes is 1. The number of halogens is 1. The van der Waals surface area contributed by atoms with Crippen LogP contribution >= 0.6 is 0 Å². The Bertz CT molecular complexity index is 849. The average Bonchev–Trinajstić information content (AvgIpc) is 2.76. The van der Waals surface area contributed by atoms with Crippen LogP contribution in [0.2, 0.25) is 0 Å². The van der Waals surface area contributed by atoms with E-state index in [1.807, 2.05) is 0 Å². The maximum atomic E-state index is 13.1. The van der Waals surface area contributed by atoms with Gasteiger partial charge < -0.3 is 10.2 Å². The lowest BCUT2D eigenvalue weighted by atomic mass is 9.99. The number of rotatable bonds is 7. The van der Waals surface area contributed by atoms with Crippen LogP contribution in [0.3, 0.4) is 0 Å². The minimum Gasteiger partial charge on any atom is -0.334 e. The fourth-order valence-corrected chi connectivity index (χ4v) is 3.65. The van der Waals surface area contributed by atoms with Crippen LogP contribution in [0.15, 0.2) is 48.5 Å².